The lowest BCUT2D eigenvalue weighted by molar-refractivity contribution is -0.115. The Bertz CT molecular complexity index is 1530. The zero-order chi connectivity index (χ0) is 30.3. The van der Waals surface area contributed by atoms with Crippen molar-refractivity contribution >= 4 is 40.5 Å². The van der Waals surface area contributed by atoms with Crippen LogP contribution < -0.4 is 15.0 Å². The highest BCUT2D eigenvalue weighted by molar-refractivity contribution is 5.98. The van der Waals surface area contributed by atoms with Gasteiger partial charge in [-0.3, -0.25) is 10.1 Å². The van der Waals surface area contributed by atoms with Gasteiger partial charge in [0.25, 0.3) is 5.88 Å². The predicted molar refractivity (Wildman–Crippen MR) is 157 cm³/mol. The van der Waals surface area contributed by atoms with Gasteiger partial charge in [0.1, 0.15) is 18.3 Å². The van der Waals surface area contributed by atoms with Crippen LogP contribution in [-0.4, -0.2) is 79.9 Å². The van der Waals surface area contributed by atoms with Crippen LogP contribution in [0.15, 0.2) is 79.6 Å². The summed E-state index contributed by atoms with van der Waals surface area (Å²) in [4.78, 5) is 40.6. The first-order chi connectivity index (χ1) is 20.9. The second-order valence-electron chi connectivity index (χ2n) is 9.66. The minimum Gasteiger partial charge on any atom is -0.394 e. The van der Waals surface area contributed by atoms with E-state index in [1.165, 1.54) is 11.2 Å². The minimum atomic E-state index is -1.15. The fourth-order valence-corrected chi connectivity index (χ4v) is 4.82. The minimum absolute atomic E-state index is 0.0827. The molecule has 4 aromatic rings. The number of anilines is 3. The Labute approximate surface area is 247 Å². The van der Waals surface area contributed by atoms with E-state index in [0.29, 0.717) is 11.4 Å². The summed E-state index contributed by atoms with van der Waals surface area (Å²) >= 11 is 0. The zero-order valence-corrected chi connectivity index (χ0v) is 23.4. The van der Waals surface area contributed by atoms with Crippen LogP contribution in [-0.2, 0) is 14.3 Å². The molecular weight excluding hydrogens is 556 g/mol. The molecule has 1 fully saturated rings. The molecule has 0 saturated carbocycles. The predicted octanol–water partition coefficient (Wildman–Crippen LogP) is 3.38. The van der Waals surface area contributed by atoms with Gasteiger partial charge in [-0.2, -0.15) is 9.97 Å². The number of benzene rings is 2. The smallest absolute Gasteiger partial charge is 0.394 e. The van der Waals surface area contributed by atoms with Gasteiger partial charge in [-0.25, -0.2) is 14.7 Å². The van der Waals surface area contributed by atoms with Crippen molar-refractivity contribution in [2.45, 2.75) is 37.7 Å². The number of aliphatic hydroxyl groups excluding tert-OH is 2. The number of nitrogens with one attached hydrogen (secondary N) is 1. The third-order valence-corrected chi connectivity index (χ3v) is 6.84. The molecule has 2 aromatic carbocycles. The van der Waals surface area contributed by atoms with E-state index in [0.717, 1.165) is 0 Å². The van der Waals surface area contributed by atoms with Gasteiger partial charge in [0.15, 0.2) is 11.2 Å². The average Bonchev–Trinajstić information content (AvgIpc) is 3.58. The van der Waals surface area contributed by atoms with Crippen molar-refractivity contribution in [1.29, 1.82) is 0 Å². The fourth-order valence-electron chi connectivity index (χ4n) is 4.82. The number of rotatable bonds is 11. The number of aliphatic hydroxyl groups is 2. The molecule has 1 aliphatic heterocycles. The monoisotopic (exact) mass is 588 g/mol. The lowest BCUT2D eigenvalue weighted by Crippen LogP contribution is -2.33. The summed E-state index contributed by atoms with van der Waals surface area (Å²) < 4.78 is 18.9. The van der Waals surface area contributed by atoms with E-state index in [1.807, 2.05) is 12.1 Å². The first kappa shape index (κ1) is 29.8. The molecule has 13 nitrogen and oxygen atoms in total. The number of imidazole rings is 1. The van der Waals surface area contributed by atoms with Crippen molar-refractivity contribution in [3.8, 4) is 5.88 Å². The molecule has 0 radical (unpaired) electrons. The van der Waals surface area contributed by atoms with Crippen LogP contribution in [0.4, 0.5) is 22.1 Å². The maximum Gasteiger partial charge on any atom is 0.425 e. The van der Waals surface area contributed by atoms with Crippen molar-refractivity contribution in [2.24, 2.45) is 0 Å². The molecule has 1 saturated heterocycles. The molecule has 4 atom stereocenters. The van der Waals surface area contributed by atoms with Gasteiger partial charge in [0.2, 0.25) is 11.9 Å². The van der Waals surface area contributed by atoms with E-state index in [1.54, 1.807) is 66.1 Å². The molecule has 0 unspecified atom stereocenters. The standard InChI is InChI=1S/C30H32N6O7/c1-3-15-41-17-22-25(26(39)21(16-37)42-22)35-18-31-24-27(35)33-29(32-23(38)4-2)34-28(24)43-30(40)36(19-11-7-5-8-12-19)20-13-9-6-10-14-20/h3,5-14,18,21-22,25-26,37,39H,1,4,15-17H2,2H3,(H,32,33,34,38)/t21-,22-,25-,26-/m0/s1. The Kier molecular flexibility index (Phi) is 9.37. The van der Waals surface area contributed by atoms with Gasteiger partial charge >= 0.3 is 6.09 Å². The molecule has 0 aliphatic carbocycles. The van der Waals surface area contributed by atoms with E-state index in [-0.39, 0.29) is 48.5 Å². The van der Waals surface area contributed by atoms with Crippen LogP contribution in [0.25, 0.3) is 11.2 Å². The number of nitrogens with zero attached hydrogens (tertiary/aromatic N) is 5. The first-order valence-electron chi connectivity index (χ1n) is 13.7. The molecule has 3 N–H and O–H groups in total. The van der Waals surface area contributed by atoms with Gasteiger partial charge in [-0.1, -0.05) is 49.4 Å². The highest BCUT2D eigenvalue weighted by Gasteiger charge is 2.45. The lowest BCUT2D eigenvalue weighted by atomic mass is 10.1. The van der Waals surface area contributed by atoms with Crippen molar-refractivity contribution in [3.05, 3.63) is 79.6 Å². The van der Waals surface area contributed by atoms with Crippen LogP contribution in [0.2, 0.25) is 0 Å². The number of para-hydroxylation sites is 2. The normalized spacial score (nSPS) is 19.7. The second kappa shape index (κ2) is 13.5. The summed E-state index contributed by atoms with van der Waals surface area (Å²) in [6, 6.07) is 17.1. The Morgan fingerprint density at radius 1 is 1.09 bits per heavy atom. The number of hydrogen-bond acceptors (Lipinski definition) is 10. The van der Waals surface area contributed by atoms with E-state index in [2.05, 4.69) is 26.8 Å². The Hall–Kier alpha value is -4.69. The van der Waals surface area contributed by atoms with Gasteiger partial charge in [-0.05, 0) is 24.3 Å². The number of aromatic nitrogens is 4. The molecular formula is C30H32N6O7. The summed E-state index contributed by atoms with van der Waals surface area (Å²) in [6.07, 6.45) is -0.357. The number of carbonyl (C=O) groups excluding carboxylic acids is 2. The number of carbonyl (C=O) groups is 2. The largest absolute Gasteiger partial charge is 0.425 e. The summed E-state index contributed by atoms with van der Waals surface area (Å²) in [5.74, 6) is -0.691. The number of hydrogen-bond donors (Lipinski definition) is 3. The highest BCUT2D eigenvalue weighted by atomic mass is 16.6. The van der Waals surface area contributed by atoms with E-state index >= 15 is 0 Å². The number of ether oxygens (including phenoxy) is 3. The molecule has 1 aliphatic rings. The van der Waals surface area contributed by atoms with Crippen LogP contribution >= 0.6 is 0 Å². The number of amides is 2. The Balaban J connectivity index is 1.57. The summed E-state index contributed by atoms with van der Waals surface area (Å²) in [7, 11) is 0. The quantitative estimate of drug-likeness (QED) is 0.175. The van der Waals surface area contributed by atoms with Crippen molar-refractivity contribution < 1.29 is 34.0 Å². The van der Waals surface area contributed by atoms with Crippen LogP contribution in [0.3, 0.4) is 0 Å². The summed E-state index contributed by atoms with van der Waals surface area (Å²) in [6.45, 7) is 5.23. The van der Waals surface area contributed by atoms with E-state index in [4.69, 9.17) is 14.2 Å². The van der Waals surface area contributed by atoms with Gasteiger partial charge in [-0.15, -0.1) is 6.58 Å². The maximum absolute atomic E-state index is 13.8. The van der Waals surface area contributed by atoms with Gasteiger partial charge < -0.3 is 29.0 Å². The molecule has 2 aromatic heterocycles. The van der Waals surface area contributed by atoms with Crippen LogP contribution in [0.5, 0.6) is 5.88 Å². The molecule has 2 amide bonds. The fraction of sp³-hybridized carbons (Fsp3) is 0.300. The third kappa shape index (κ3) is 6.39. The highest BCUT2D eigenvalue weighted by Crippen LogP contribution is 2.36. The topological polar surface area (TPSA) is 161 Å². The van der Waals surface area contributed by atoms with Crippen molar-refractivity contribution in [1.82, 2.24) is 19.5 Å². The SMILES string of the molecule is C=CCOC[C@@H]1O[C@@H](CO)[C@H](O)[C@H]1n1cnc2c(OC(=O)N(c3ccccc3)c3ccccc3)nc(NC(=O)CC)nc21. The maximum atomic E-state index is 13.8. The third-order valence-electron chi connectivity index (χ3n) is 6.84. The molecule has 0 bridgehead atoms. The van der Waals surface area contributed by atoms with E-state index < -0.39 is 37.1 Å². The van der Waals surface area contributed by atoms with Crippen LogP contribution in [0, 0.1) is 0 Å². The Morgan fingerprint density at radius 2 is 1.77 bits per heavy atom. The van der Waals surface area contributed by atoms with Crippen molar-refractivity contribution in [2.75, 3.05) is 30.0 Å². The molecule has 5 rings (SSSR count). The van der Waals surface area contributed by atoms with Gasteiger partial charge in [0, 0.05) is 6.42 Å². The summed E-state index contributed by atoms with van der Waals surface area (Å²) in [5, 5.41) is 23.5. The van der Waals surface area contributed by atoms with Crippen LogP contribution in [0.1, 0.15) is 19.4 Å². The van der Waals surface area contributed by atoms with Crippen molar-refractivity contribution in [3.63, 3.8) is 0 Å². The molecule has 43 heavy (non-hydrogen) atoms. The molecule has 224 valence electrons. The zero-order valence-electron chi connectivity index (χ0n) is 23.4. The number of fused-ring (bicyclic) bond motifs is 1. The Morgan fingerprint density at radius 3 is 2.37 bits per heavy atom. The molecule has 3 heterocycles. The van der Waals surface area contributed by atoms with E-state index in [9.17, 15) is 19.8 Å². The molecule has 13 heteroatoms. The molecule has 0 spiro atoms. The summed E-state index contributed by atoms with van der Waals surface area (Å²) in [5.41, 5.74) is 1.37. The second-order valence-corrected chi connectivity index (χ2v) is 9.66. The first-order valence-corrected chi connectivity index (χ1v) is 13.7. The van der Waals surface area contributed by atoms with Gasteiger partial charge in [0.05, 0.1) is 43.6 Å². The lowest BCUT2D eigenvalue weighted by Gasteiger charge is -2.23. The average molecular weight is 589 g/mol.